The number of aromatic carboxylic acids is 1. The van der Waals surface area contributed by atoms with Crippen LogP contribution >= 0.6 is 0 Å². The van der Waals surface area contributed by atoms with Crippen LogP contribution in [0.15, 0.2) is 18.2 Å². The number of halogens is 1. The van der Waals surface area contributed by atoms with Crippen molar-refractivity contribution in [3.8, 4) is 0 Å². The number of carboxylic acid groups (broad SMARTS) is 1. The van der Waals surface area contributed by atoms with Crippen LogP contribution in [-0.4, -0.2) is 36.7 Å². The Kier molecular flexibility index (Phi) is 4.79. The predicted octanol–water partition coefficient (Wildman–Crippen LogP) is 1.29. The number of rotatable bonds is 5. The van der Waals surface area contributed by atoms with E-state index in [4.69, 9.17) is 9.84 Å². The third kappa shape index (κ3) is 3.53. The minimum Gasteiger partial charge on any atom is -0.478 e. The van der Waals surface area contributed by atoms with E-state index in [0.29, 0.717) is 6.61 Å². The van der Waals surface area contributed by atoms with Crippen LogP contribution in [0, 0.1) is 5.82 Å². The SMILES string of the molecule is COC[C@@H](C)NC(=O)c1ccc(C(=O)O)cc1F. The monoisotopic (exact) mass is 255 g/mol. The number of carbonyl (C=O) groups excluding carboxylic acids is 1. The molecular formula is C12H14FNO4. The molecular weight excluding hydrogens is 241 g/mol. The smallest absolute Gasteiger partial charge is 0.335 e. The minimum absolute atomic E-state index is 0.192. The number of amides is 1. The molecule has 5 nitrogen and oxygen atoms in total. The molecule has 1 rings (SSSR count). The Hall–Kier alpha value is -1.95. The van der Waals surface area contributed by atoms with Crippen molar-refractivity contribution in [2.24, 2.45) is 0 Å². The van der Waals surface area contributed by atoms with E-state index >= 15 is 0 Å². The third-order valence-corrected chi connectivity index (χ3v) is 2.25. The van der Waals surface area contributed by atoms with Crippen molar-refractivity contribution in [2.75, 3.05) is 13.7 Å². The van der Waals surface area contributed by atoms with Crippen molar-refractivity contribution >= 4 is 11.9 Å². The van der Waals surface area contributed by atoms with Crippen LogP contribution in [-0.2, 0) is 4.74 Å². The minimum atomic E-state index is -1.24. The maximum Gasteiger partial charge on any atom is 0.335 e. The number of carbonyl (C=O) groups is 2. The molecule has 0 aliphatic rings. The summed E-state index contributed by atoms with van der Waals surface area (Å²) >= 11 is 0. The van der Waals surface area contributed by atoms with Gasteiger partial charge in [0.1, 0.15) is 5.82 Å². The molecule has 1 aromatic carbocycles. The van der Waals surface area contributed by atoms with E-state index in [1.54, 1.807) is 6.92 Å². The highest BCUT2D eigenvalue weighted by molar-refractivity contribution is 5.96. The van der Waals surface area contributed by atoms with Gasteiger partial charge in [-0.25, -0.2) is 9.18 Å². The summed E-state index contributed by atoms with van der Waals surface area (Å²) in [5.74, 6) is -2.71. The van der Waals surface area contributed by atoms with Crippen molar-refractivity contribution in [3.63, 3.8) is 0 Å². The van der Waals surface area contributed by atoms with Crippen molar-refractivity contribution in [3.05, 3.63) is 35.1 Å². The highest BCUT2D eigenvalue weighted by Gasteiger charge is 2.15. The first kappa shape index (κ1) is 14.1. The van der Waals surface area contributed by atoms with Gasteiger partial charge < -0.3 is 15.2 Å². The fourth-order valence-electron chi connectivity index (χ4n) is 1.43. The highest BCUT2D eigenvalue weighted by atomic mass is 19.1. The van der Waals surface area contributed by atoms with Crippen LogP contribution in [0.4, 0.5) is 4.39 Å². The number of nitrogens with one attached hydrogen (secondary N) is 1. The van der Waals surface area contributed by atoms with Gasteiger partial charge in [0.05, 0.1) is 17.7 Å². The Morgan fingerprint density at radius 3 is 2.67 bits per heavy atom. The Balaban J connectivity index is 2.84. The van der Waals surface area contributed by atoms with Gasteiger partial charge in [-0.1, -0.05) is 0 Å². The second kappa shape index (κ2) is 6.11. The van der Waals surface area contributed by atoms with E-state index < -0.39 is 17.7 Å². The highest BCUT2D eigenvalue weighted by Crippen LogP contribution is 2.11. The fourth-order valence-corrected chi connectivity index (χ4v) is 1.43. The third-order valence-electron chi connectivity index (χ3n) is 2.25. The molecule has 1 amide bonds. The Morgan fingerprint density at radius 1 is 1.50 bits per heavy atom. The van der Waals surface area contributed by atoms with Gasteiger partial charge >= 0.3 is 5.97 Å². The molecule has 0 saturated carbocycles. The molecule has 6 heteroatoms. The lowest BCUT2D eigenvalue weighted by molar-refractivity contribution is 0.0695. The van der Waals surface area contributed by atoms with E-state index in [9.17, 15) is 14.0 Å². The second-order valence-corrected chi connectivity index (χ2v) is 3.83. The summed E-state index contributed by atoms with van der Waals surface area (Å²) in [6.07, 6.45) is 0. The number of hydrogen-bond acceptors (Lipinski definition) is 3. The van der Waals surface area contributed by atoms with Gasteiger partial charge in [0.15, 0.2) is 0 Å². The molecule has 0 spiro atoms. The van der Waals surface area contributed by atoms with Gasteiger partial charge in [0, 0.05) is 13.2 Å². The van der Waals surface area contributed by atoms with Crippen LogP contribution in [0.1, 0.15) is 27.6 Å². The summed E-state index contributed by atoms with van der Waals surface area (Å²) < 4.78 is 18.4. The zero-order valence-electron chi connectivity index (χ0n) is 10.1. The average molecular weight is 255 g/mol. The first-order valence-corrected chi connectivity index (χ1v) is 5.28. The molecule has 0 aliphatic carbocycles. The van der Waals surface area contributed by atoms with Gasteiger partial charge in [0.25, 0.3) is 5.91 Å². The van der Waals surface area contributed by atoms with E-state index in [2.05, 4.69) is 5.32 Å². The summed E-state index contributed by atoms with van der Waals surface area (Å²) in [6, 6.07) is 2.88. The number of carboxylic acids is 1. The molecule has 0 unspecified atom stereocenters. The molecule has 0 aromatic heterocycles. The fraction of sp³-hybridized carbons (Fsp3) is 0.333. The molecule has 0 radical (unpaired) electrons. The zero-order valence-corrected chi connectivity index (χ0v) is 10.1. The van der Waals surface area contributed by atoms with Crippen LogP contribution in [0.2, 0.25) is 0 Å². The Morgan fingerprint density at radius 2 is 2.17 bits per heavy atom. The Labute approximate surface area is 104 Å². The zero-order chi connectivity index (χ0) is 13.7. The normalized spacial score (nSPS) is 11.9. The summed E-state index contributed by atoms with van der Waals surface area (Å²) in [6.45, 7) is 2.02. The molecule has 0 bridgehead atoms. The summed E-state index contributed by atoms with van der Waals surface area (Å²) in [5, 5.41) is 11.2. The Bertz CT molecular complexity index is 461. The number of hydrogen-bond donors (Lipinski definition) is 2. The topological polar surface area (TPSA) is 75.6 Å². The maximum atomic E-state index is 13.5. The summed E-state index contributed by atoms with van der Waals surface area (Å²) in [4.78, 5) is 22.3. The van der Waals surface area contributed by atoms with Crippen molar-refractivity contribution in [1.29, 1.82) is 0 Å². The van der Waals surface area contributed by atoms with E-state index in [1.807, 2.05) is 0 Å². The van der Waals surface area contributed by atoms with Gasteiger partial charge in [-0.05, 0) is 25.1 Å². The van der Waals surface area contributed by atoms with Crippen LogP contribution < -0.4 is 5.32 Å². The lowest BCUT2D eigenvalue weighted by atomic mass is 10.1. The van der Waals surface area contributed by atoms with Crippen LogP contribution in [0.5, 0.6) is 0 Å². The van der Waals surface area contributed by atoms with Gasteiger partial charge in [0.2, 0.25) is 0 Å². The molecule has 0 fully saturated rings. The quantitative estimate of drug-likeness (QED) is 0.831. The van der Waals surface area contributed by atoms with Gasteiger partial charge in [-0.2, -0.15) is 0 Å². The van der Waals surface area contributed by atoms with Gasteiger partial charge in [-0.15, -0.1) is 0 Å². The number of methoxy groups -OCH3 is 1. The average Bonchev–Trinajstić information content (AvgIpc) is 2.28. The van der Waals surface area contributed by atoms with E-state index in [1.165, 1.54) is 13.2 Å². The molecule has 18 heavy (non-hydrogen) atoms. The van der Waals surface area contributed by atoms with Crippen molar-refractivity contribution in [1.82, 2.24) is 5.32 Å². The van der Waals surface area contributed by atoms with Crippen LogP contribution in [0.3, 0.4) is 0 Å². The lowest BCUT2D eigenvalue weighted by Gasteiger charge is -2.13. The van der Waals surface area contributed by atoms with Crippen molar-refractivity contribution < 1.29 is 23.8 Å². The standard InChI is InChI=1S/C12H14FNO4/c1-7(6-18-2)14-11(15)9-4-3-8(12(16)17)5-10(9)13/h3-5,7H,6H2,1-2H3,(H,14,15)(H,16,17)/t7-/m1/s1. The van der Waals surface area contributed by atoms with E-state index in [-0.39, 0.29) is 17.2 Å². The second-order valence-electron chi connectivity index (χ2n) is 3.83. The molecule has 1 atom stereocenters. The summed E-state index contributed by atoms with van der Waals surface area (Å²) in [5.41, 5.74) is -0.392. The molecule has 98 valence electrons. The molecule has 0 saturated heterocycles. The van der Waals surface area contributed by atoms with Crippen LogP contribution in [0.25, 0.3) is 0 Å². The molecule has 2 N–H and O–H groups in total. The van der Waals surface area contributed by atoms with Gasteiger partial charge in [-0.3, -0.25) is 4.79 Å². The lowest BCUT2D eigenvalue weighted by Crippen LogP contribution is -2.36. The number of ether oxygens (including phenoxy) is 1. The first-order valence-electron chi connectivity index (χ1n) is 5.28. The number of benzene rings is 1. The predicted molar refractivity (Wildman–Crippen MR) is 62.2 cm³/mol. The van der Waals surface area contributed by atoms with E-state index in [0.717, 1.165) is 12.1 Å². The maximum absolute atomic E-state index is 13.5. The largest absolute Gasteiger partial charge is 0.478 e. The molecule has 0 heterocycles. The summed E-state index contributed by atoms with van der Waals surface area (Å²) in [7, 11) is 1.49. The first-order chi connectivity index (χ1) is 8.45. The molecule has 0 aliphatic heterocycles. The molecule has 1 aromatic rings. The van der Waals surface area contributed by atoms with Crippen molar-refractivity contribution in [2.45, 2.75) is 13.0 Å².